The standard InChI is InChI=1S/C13H13NO2/c1-9-8-11-6-4-5-7-12(11)14(9)10(2)13(15)16-3/h4-8H,2H2,1,3H3. The highest BCUT2D eigenvalue weighted by atomic mass is 16.5. The summed E-state index contributed by atoms with van der Waals surface area (Å²) in [5.41, 5.74) is 2.27. The van der Waals surface area contributed by atoms with Crippen LogP contribution in [0.3, 0.4) is 0 Å². The minimum atomic E-state index is -0.413. The number of nitrogens with zero attached hydrogens (tertiary/aromatic N) is 1. The van der Waals surface area contributed by atoms with E-state index in [1.165, 1.54) is 7.11 Å². The molecule has 2 aromatic rings. The molecule has 1 aromatic heterocycles. The number of rotatable bonds is 2. The molecule has 1 aromatic carbocycles. The van der Waals surface area contributed by atoms with Crippen LogP contribution >= 0.6 is 0 Å². The summed E-state index contributed by atoms with van der Waals surface area (Å²) in [5, 5.41) is 1.09. The molecule has 16 heavy (non-hydrogen) atoms. The van der Waals surface area contributed by atoms with Crippen LogP contribution in [0.1, 0.15) is 5.69 Å². The molecule has 2 rings (SSSR count). The number of ether oxygens (including phenoxy) is 1. The number of hydrogen-bond acceptors (Lipinski definition) is 2. The molecule has 0 N–H and O–H groups in total. The summed E-state index contributed by atoms with van der Waals surface area (Å²) in [5.74, 6) is -0.413. The van der Waals surface area contributed by atoms with Gasteiger partial charge < -0.3 is 9.30 Å². The molecule has 0 fully saturated rings. The van der Waals surface area contributed by atoms with Crippen molar-refractivity contribution in [3.05, 3.63) is 42.6 Å². The van der Waals surface area contributed by atoms with E-state index >= 15 is 0 Å². The lowest BCUT2D eigenvalue weighted by Gasteiger charge is -2.09. The first-order valence-electron chi connectivity index (χ1n) is 5.00. The fourth-order valence-corrected chi connectivity index (χ4v) is 1.86. The topological polar surface area (TPSA) is 31.2 Å². The Morgan fingerprint density at radius 1 is 1.38 bits per heavy atom. The van der Waals surface area contributed by atoms with Gasteiger partial charge in [-0.05, 0) is 19.1 Å². The molecule has 0 aliphatic rings. The highest BCUT2D eigenvalue weighted by Crippen LogP contribution is 2.22. The van der Waals surface area contributed by atoms with Gasteiger partial charge >= 0.3 is 5.97 Å². The molecule has 0 unspecified atom stereocenters. The number of hydrogen-bond donors (Lipinski definition) is 0. The van der Waals surface area contributed by atoms with E-state index in [2.05, 4.69) is 11.3 Å². The van der Waals surface area contributed by atoms with E-state index < -0.39 is 5.97 Å². The zero-order valence-electron chi connectivity index (χ0n) is 9.36. The van der Waals surface area contributed by atoms with Crippen LogP contribution in [0.5, 0.6) is 0 Å². The maximum atomic E-state index is 11.5. The van der Waals surface area contributed by atoms with Gasteiger partial charge in [0, 0.05) is 11.1 Å². The molecule has 0 amide bonds. The fourth-order valence-electron chi connectivity index (χ4n) is 1.86. The highest BCUT2D eigenvalue weighted by Gasteiger charge is 2.13. The molecule has 0 atom stereocenters. The van der Waals surface area contributed by atoms with Crippen LogP contribution in [0.25, 0.3) is 16.6 Å². The molecule has 0 spiro atoms. The normalized spacial score (nSPS) is 10.4. The third-order valence-corrected chi connectivity index (χ3v) is 2.59. The Morgan fingerprint density at radius 3 is 2.75 bits per heavy atom. The van der Waals surface area contributed by atoms with E-state index in [-0.39, 0.29) is 0 Å². The van der Waals surface area contributed by atoms with Gasteiger partial charge in [0.25, 0.3) is 0 Å². The van der Waals surface area contributed by atoms with E-state index in [0.717, 1.165) is 16.6 Å². The smallest absolute Gasteiger partial charge is 0.354 e. The molecule has 0 aliphatic carbocycles. The van der Waals surface area contributed by atoms with Crippen LogP contribution < -0.4 is 0 Å². The number of aryl methyl sites for hydroxylation is 1. The Bertz CT molecular complexity index is 566. The quantitative estimate of drug-likeness (QED) is 0.569. The highest BCUT2D eigenvalue weighted by molar-refractivity contribution is 6.11. The van der Waals surface area contributed by atoms with Gasteiger partial charge in [-0.15, -0.1) is 0 Å². The lowest BCUT2D eigenvalue weighted by atomic mass is 10.2. The second-order valence-corrected chi connectivity index (χ2v) is 3.62. The van der Waals surface area contributed by atoms with E-state index in [9.17, 15) is 4.79 Å². The minimum Gasteiger partial charge on any atom is -0.464 e. The van der Waals surface area contributed by atoms with Crippen LogP contribution in [0.4, 0.5) is 0 Å². The maximum absolute atomic E-state index is 11.5. The maximum Gasteiger partial charge on any atom is 0.354 e. The van der Waals surface area contributed by atoms with E-state index in [1.807, 2.05) is 37.3 Å². The van der Waals surface area contributed by atoms with Crippen molar-refractivity contribution in [3.63, 3.8) is 0 Å². The summed E-state index contributed by atoms with van der Waals surface area (Å²) in [4.78, 5) is 11.5. The molecule has 0 bridgehead atoms. The Hall–Kier alpha value is -2.03. The van der Waals surface area contributed by atoms with Crippen LogP contribution in [-0.4, -0.2) is 17.6 Å². The van der Waals surface area contributed by atoms with Gasteiger partial charge in [0.05, 0.1) is 12.6 Å². The van der Waals surface area contributed by atoms with Crippen LogP contribution in [-0.2, 0) is 9.53 Å². The van der Waals surface area contributed by atoms with Crippen molar-refractivity contribution in [1.82, 2.24) is 4.57 Å². The van der Waals surface area contributed by atoms with Gasteiger partial charge in [-0.2, -0.15) is 0 Å². The molecule has 82 valence electrons. The number of esters is 1. The first kappa shape index (κ1) is 10.5. The Balaban J connectivity index is 2.64. The minimum absolute atomic E-state index is 0.334. The largest absolute Gasteiger partial charge is 0.464 e. The molecule has 3 heteroatoms. The Kier molecular flexibility index (Phi) is 2.52. The fraction of sp³-hybridized carbons (Fsp3) is 0.154. The molecule has 0 saturated heterocycles. The van der Waals surface area contributed by atoms with Crippen LogP contribution in [0, 0.1) is 6.92 Å². The molecule has 3 nitrogen and oxygen atoms in total. The van der Waals surface area contributed by atoms with Gasteiger partial charge in [-0.3, -0.25) is 0 Å². The van der Waals surface area contributed by atoms with E-state index in [4.69, 9.17) is 0 Å². The zero-order chi connectivity index (χ0) is 11.7. The molecular formula is C13H13NO2. The predicted molar refractivity (Wildman–Crippen MR) is 64.0 cm³/mol. The summed E-state index contributed by atoms with van der Waals surface area (Å²) in [7, 11) is 1.36. The third kappa shape index (κ3) is 1.50. The second-order valence-electron chi connectivity index (χ2n) is 3.62. The second kappa shape index (κ2) is 3.85. The monoisotopic (exact) mass is 215 g/mol. The first-order chi connectivity index (χ1) is 7.65. The Morgan fingerprint density at radius 2 is 2.06 bits per heavy atom. The number of carbonyl (C=O) groups excluding carboxylic acids is 1. The van der Waals surface area contributed by atoms with Gasteiger partial charge in [0.2, 0.25) is 0 Å². The molecular weight excluding hydrogens is 202 g/mol. The summed E-state index contributed by atoms with van der Waals surface area (Å²) in [6.45, 7) is 5.71. The SMILES string of the molecule is C=C(C(=O)OC)n1c(C)cc2ccccc21. The molecule has 1 heterocycles. The number of aromatic nitrogens is 1. The summed E-state index contributed by atoms with van der Waals surface area (Å²) >= 11 is 0. The molecule has 0 radical (unpaired) electrons. The number of para-hydroxylation sites is 1. The zero-order valence-corrected chi connectivity index (χ0v) is 9.36. The summed E-state index contributed by atoms with van der Waals surface area (Å²) < 4.78 is 6.49. The van der Waals surface area contributed by atoms with Gasteiger partial charge in [0.15, 0.2) is 0 Å². The predicted octanol–water partition coefficient (Wildman–Crippen LogP) is 2.59. The summed E-state index contributed by atoms with van der Waals surface area (Å²) in [6.07, 6.45) is 0. The average Bonchev–Trinajstić information content (AvgIpc) is 2.63. The van der Waals surface area contributed by atoms with Crippen LogP contribution in [0.2, 0.25) is 0 Å². The molecule has 0 aliphatic heterocycles. The van der Waals surface area contributed by atoms with Crippen molar-refractivity contribution in [2.45, 2.75) is 6.92 Å². The first-order valence-corrected chi connectivity index (χ1v) is 5.00. The summed E-state index contributed by atoms with van der Waals surface area (Å²) in [6, 6.07) is 9.87. The van der Waals surface area contributed by atoms with Crippen molar-refractivity contribution in [2.75, 3.05) is 7.11 Å². The van der Waals surface area contributed by atoms with Crippen molar-refractivity contribution >= 4 is 22.6 Å². The van der Waals surface area contributed by atoms with Crippen molar-refractivity contribution in [1.29, 1.82) is 0 Å². The number of methoxy groups -OCH3 is 1. The number of benzene rings is 1. The van der Waals surface area contributed by atoms with Crippen molar-refractivity contribution < 1.29 is 9.53 Å². The third-order valence-electron chi connectivity index (χ3n) is 2.59. The van der Waals surface area contributed by atoms with Gasteiger partial charge in [-0.1, -0.05) is 24.8 Å². The van der Waals surface area contributed by atoms with Gasteiger partial charge in [0.1, 0.15) is 5.70 Å². The van der Waals surface area contributed by atoms with Crippen molar-refractivity contribution in [3.8, 4) is 0 Å². The molecule has 0 saturated carbocycles. The Labute approximate surface area is 93.9 Å². The van der Waals surface area contributed by atoms with Crippen molar-refractivity contribution in [2.24, 2.45) is 0 Å². The van der Waals surface area contributed by atoms with E-state index in [1.54, 1.807) is 4.57 Å². The van der Waals surface area contributed by atoms with Crippen LogP contribution in [0.15, 0.2) is 36.9 Å². The lowest BCUT2D eigenvalue weighted by molar-refractivity contribution is -0.134. The average molecular weight is 215 g/mol. The van der Waals surface area contributed by atoms with E-state index in [0.29, 0.717) is 5.70 Å². The number of carbonyl (C=O) groups is 1. The number of fused-ring (bicyclic) bond motifs is 1. The van der Waals surface area contributed by atoms with Gasteiger partial charge in [-0.25, -0.2) is 4.79 Å². The lowest BCUT2D eigenvalue weighted by Crippen LogP contribution is -2.10.